The van der Waals surface area contributed by atoms with Crippen LogP contribution in [-0.2, 0) is 23.9 Å². The summed E-state index contributed by atoms with van der Waals surface area (Å²) in [6, 6.07) is 1.94. The molecule has 2 atom stereocenters. The van der Waals surface area contributed by atoms with Crippen molar-refractivity contribution in [2.75, 3.05) is 12.4 Å². The van der Waals surface area contributed by atoms with Crippen LogP contribution < -0.4 is 5.32 Å². The summed E-state index contributed by atoms with van der Waals surface area (Å²) in [5, 5.41) is 23.5. The first-order chi connectivity index (χ1) is 13.8. The van der Waals surface area contributed by atoms with Gasteiger partial charge in [0.25, 0.3) is 11.8 Å². The number of carboxylic acid groups (broad SMARTS) is 1. The minimum atomic E-state index is -1.33. The highest BCUT2D eigenvalue weighted by Gasteiger charge is 2.54. The predicted molar refractivity (Wildman–Crippen MR) is 98.9 cm³/mol. The van der Waals surface area contributed by atoms with Crippen LogP contribution in [-0.4, -0.2) is 73.4 Å². The molecule has 3 rings (SSSR count). The van der Waals surface area contributed by atoms with Gasteiger partial charge in [0.05, 0.1) is 0 Å². The lowest BCUT2D eigenvalue weighted by molar-refractivity contribution is -0.150. The van der Waals surface area contributed by atoms with E-state index >= 15 is 0 Å². The molecule has 1 aromatic rings. The van der Waals surface area contributed by atoms with Crippen LogP contribution in [0.3, 0.4) is 0 Å². The van der Waals surface area contributed by atoms with Crippen LogP contribution in [0.15, 0.2) is 41.0 Å². The monoisotopic (exact) mass is 420 g/mol. The lowest BCUT2D eigenvalue weighted by Crippen LogP contribution is -2.71. The number of aromatic nitrogens is 1. The maximum Gasteiger partial charge on any atom is 0.352 e. The van der Waals surface area contributed by atoms with E-state index in [1.165, 1.54) is 43.2 Å². The second-order valence-corrected chi connectivity index (χ2v) is 7.19. The van der Waals surface area contributed by atoms with Gasteiger partial charge in [-0.05, 0) is 12.1 Å². The highest BCUT2D eigenvalue weighted by molar-refractivity contribution is 8.00. The molecule has 3 heterocycles. The van der Waals surface area contributed by atoms with Crippen LogP contribution in [0.2, 0.25) is 0 Å². The predicted octanol–water partition coefficient (Wildman–Crippen LogP) is -0.438. The number of carbonyl (C=O) groups excluding carboxylic acids is 3. The number of aliphatic carboxylic acids is 1. The number of rotatable bonds is 6. The van der Waals surface area contributed by atoms with Gasteiger partial charge in [0.15, 0.2) is 5.71 Å². The number of nitrogens with zero attached hydrogens (tertiary/aromatic N) is 3. The lowest BCUT2D eigenvalue weighted by Gasteiger charge is -2.49. The maximum atomic E-state index is 12.6. The topological polar surface area (TPSA) is 158 Å². The van der Waals surface area contributed by atoms with Crippen molar-refractivity contribution >= 4 is 41.2 Å². The highest BCUT2D eigenvalue weighted by Crippen LogP contribution is 2.40. The van der Waals surface area contributed by atoms with Crippen LogP contribution in [0.1, 0.15) is 12.5 Å². The quantitative estimate of drug-likeness (QED) is 0.182. The summed E-state index contributed by atoms with van der Waals surface area (Å²) < 4.78 is 4.86. The number of ether oxygens (including phenoxy) is 1. The number of carbonyl (C=O) groups is 4. The van der Waals surface area contributed by atoms with Gasteiger partial charge >= 0.3 is 11.9 Å². The van der Waals surface area contributed by atoms with Gasteiger partial charge in [-0.2, -0.15) is 0 Å². The van der Waals surface area contributed by atoms with Gasteiger partial charge in [-0.1, -0.05) is 5.16 Å². The van der Waals surface area contributed by atoms with Crippen molar-refractivity contribution in [1.29, 1.82) is 0 Å². The van der Waals surface area contributed by atoms with Crippen LogP contribution in [0.25, 0.3) is 0 Å². The SMILES string of the molecule is CC(=O)OCC1=C(C(=O)O)N2C(=O)[C@@H](NC(=O)C(=NO)c3ccncc3)[C@H]2SC1. The first kappa shape index (κ1) is 20.3. The lowest BCUT2D eigenvalue weighted by atomic mass is 10.0. The first-order valence-corrected chi connectivity index (χ1v) is 9.36. The summed E-state index contributed by atoms with van der Waals surface area (Å²) in [7, 11) is 0. The van der Waals surface area contributed by atoms with E-state index in [0.29, 0.717) is 11.1 Å². The van der Waals surface area contributed by atoms with Gasteiger partial charge in [-0.3, -0.25) is 24.3 Å². The third-order valence-electron chi connectivity index (χ3n) is 4.25. The molecule has 0 aromatic carbocycles. The molecule has 2 amide bonds. The zero-order chi connectivity index (χ0) is 21.1. The van der Waals surface area contributed by atoms with Gasteiger partial charge in [0.1, 0.15) is 23.7 Å². The summed E-state index contributed by atoms with van der Waals surface area (Å²) in [6.07, 6.45) is 2.82. The molecule has 0 spiro atoms. The second-order valence-electron chi connectivity index (χ2n) is 6.08. The molecular weight excluding hydrogens is 404 g/mol. The summed E-state index contributed by atoms with van der Waals surface area (Å²) in [4.78, 5) is 52.6. The van der Waals surface area contributed by atoms with E-state index in [-0.39, 0.29) is 23.8 Å². The molecule has 1 saturated heterocycles. The van der Waals surface area contributed by atoms with Crippen LogP contribution >= 0.6 is 11.8 Å². The minimum Gasteiger partial charge on any atom is -0.477 e. The summed E-state index contributed by atoms with van der Waals surface area (Å²) in [6.45, 7) is 0.962. The van der Waals surface area contributed by atoms with E-state index < -0.39 is 35.2 Å². The minimum absolute atomic E-state index is 0.209. The summed E-state index contributed by atoms with van der Waals surface area (Å²) in [5.74, 6) is -3.10. The van der Waals surface area contributed by atoms with Crippen molar-refractivity contribution in [2.24, 2.45) is 5.16 Å². The van der Waals surface area contributed by atoms with E-state index in [9.17, 15) is 29.5 Å². The number of oxime groups is 1. The molecule has 0 aliphatic carbocycles. The Morgan fingerprint density at radius 3 is 2.66 bits per heavy atom. The Bertz CT molecular complexity index is 931. The molecule has 12 heteroatoms. The van der Waals surface area contributed by atoms with Gasteiger partial charge in [0.2, 0.25) is 0 Å². The van der Waals surface area contributed by atoms with Gasteiger partial charge in [-0.25, -0.2) is 4.79 Å². The number of nitrogens with one attached hydrogen (secondary N) is 1. The van der Waals surface area contributed by atoms with Crippen LogP contribution in [0.4, 0.5) is 0 Å². The Hall–Kier alpha value is -3.41. The van der Waals surface area contributed by atoms with E-state index in [1.54, 1.807) is 0 Å². The standard InChI is InChI=1S/C17H16N4O7S/c1-8(22)28-6-10-7-29-16-12(15(24)21(16)13(10)17(25)26)19-14(23)11(20-27)9-2-4-18-5-3-9/h2-5,12,16,27H,6-7H2,1H3,(H,19,23)(H,25,26)/t12-,16-/m1/s1. The average molecular weight is 420 g/mol. The van der Waals surface area contributed by atoms with Crippen molar-refractivity contribution in [1.82, 2.24) is 15.2 Å². The molecular formula is C17H16N4O7S. The molecule has 2 aliphatic heterocycles. The van der Waals surface area contributed by atoms with Crippen LogP contribution in [0.5, 0.6) is 0 Å². The second kappa shape index (κ2) is 8.31. The molecule has 0 saturated carbocycles. The third-order valence-corrected chi connectivity index (χ3v) is 5.59. The fourth-order valence-corrected chi connectivity index (χ4v) is 4.26. The highest BCUT2D eigenvalue weighted by atomic mass is 32.2. The van der Waals surface area contributed by atoms with E-state index in [0.717, 1.165) is 4.90 Å². The number of esters is 1. The number of hydrogen-bond acceptors (Lipinski definition) is 9. The number of fused-ring (bicyclic) bond motifs is 1. The molecule has 3 N–H and O–H groups in total. The molecule has 0 unspecified atom stereocenters. The fraction of sp³-hybridized carbons (Fsp3) is 0.294. The summed E-state index contributed by atoms with van der Waals surface area (Å²) >= 11 is 1.23. The molecule has 29 heavy (non-hydrogen) atoms. The number of β-lactam (4-membered cyclic amide) rings is 1. The molecule has 1 aromatic heterocycles. The number of thioether (sulfide) groups is 1. The zero-order valence-corrected chi connectivity index (χ0v) is 15.9. The normalized spacial score (nSPS) is 21.2. The number of carboxylic acids is 1. The van der Waals surface area contributed by atoms with Gasteiger partial charge in [-0.15, -0.1) is 11.8 Å². The number of hydrogen-bond donors (Lipinski definition) is 3. The van der Waals surface area contributed by atoms with Crippen molar-refractivity contribution in [3.8, 4) is 0 Å². The van der Waals surface area contributed by atoms with Crippen molar-refractivity contribution < 1.29 is 34.2 Å². The Labute approximate surface area is 168 Å². The molecule has 152 valence electrons. The molecule has 0 radical (unpaired) electrons. The molecule has 11 nitrogen and oxygen atoms in total. The number of pyridine rings is 1. The van der Waals surface area contributed by atoms with Crippen molar-refractivity contribution in [3.63, 3.8) is 0 Å². The zero-order valence-electron chi connectivity index (χ0n) is 15.1. The van der Waals surface area contributed by atoms with Crippen molar-refractivity contribution in [2.45, 2.75) is 18.3 Å². The molecule has 1 fully saturated rings. The van der Waals surface area contributed by atoms with Crippen LogP contribution in [0, 0.1) is 0 Å². The molecule has 0 bridgehead atoms. The Morgan fingerprint density at radius 1 is 1.38 bits per heavy atom. The molecule has 2 aliphatic rings. The van der Waals surface area contributed by atoms with E-state index in [2.05, 4.69) is 15.5 Å². The van der Waals surface area contributed by atoms with E-state index in [4.69, 9.17) is 4.74 Å². The Balaban J connectivity index is 1.76. The van der Waals surface area contributed by atoms with E-state index in [1.807, 2.05) is 0 Å². The first-order valence-electron chi connectivity index (χ1n) is 8.31. The average Bonchev–Trinajstić information content (AvgIpc) is 2.70. The smallest absolute Gasteiger partial charge is 0.352 e. The fourth-order valence-electron chi connectivity index (χ4n) is 2.94. The number of amides is 2. The largest absolute Gasteiger partial charge is 0.477 e. The van der Waals surface area contributed by atoms with Gasteiger partial charge in [0, 0.05) is 36.2 Å². The Morgan fingerprint density at radius 2 is 2.07 bits per heavy atom. The maximum absolute atomic E-state index is 12.6. The van der Waals surface area contributed by atoms with Crippen molar-refractivity contribution in [3.05, 3.63) is 41.4 Å². The third kappa shape index (κ3) is 3.92. The Kier molecular flexibility index (Phi) is 5.82. The van der Waals surface area contributed by atoms with Gasteiger partial charge < -0.3 is 20.4 Å². The summed E-state index contributed by atoms with van der Waals surface area (Å²) in [5.41, 5.74) is 0.0378.